The third kappa shape index (κ3) is 4.48. The summed E-state index contributed by atoms with van der Waals surface area (Å²) in [4.78, 5) is 17.8. The lowest BCUT2D eigenvalue weighted by Gasteiger charge is -2.23. The molecule has 1 aliphatic rings. The summed E-state index contributed by atoms with van der Waals surface area (Å²) in [5.41, 5.74) is 4.92. The lowest BCUT2D eigenvalue weighted by molar-refractivity contribution is 0.0663. The molecule has 0 spiro atoms. The number of carbonyl (C=O) groups is 1. The van der Waals surface area contributed by atoms with Crippen LogP contribution in [0.3, 0.4) is 0 Å². The van der Waals surface area contributed by atoms with Gasteiger partial charge in [0.25, 0.3) is 5.91 Å². The number of nitrogens with zero attached hydrogens (tertiary/aromatic N) is 1. The first kappa shape index (κ1) is 19.6. The number of pyridine rings is 1. The lowest BCUT2D eigenvalue weighted by atomic mass is 9.92. The van der Waals surface area contributed by atoms with Gasteiger partial charge in [-0.15, -0.1) is 0 Å². The average molecular weight is 389 g/mol. The van der Waals surface area contributed by atoms with E-state index in [1.54, 1.807) is 0 Å². The maximum atomic E-state index is 12.8. The number of benzene rings is 2. The highest BCUT2D eigenvalue weighted by Crippen LogP contribution is 2.27. The van der Waals surface area contributed by atoms with Gasteiger partial charge in [0.15, 0.2) is 0 Å². The zero-order chi connectivity index (χ0) is 20.2. The van der Waals surface area contributed by atoms with Crippen molar-refractivity contribution in [2.24, 2.45) is 5.92 Å². The highest BCUT2D eigenvalue weighted by atomic mass is 16.5. The van der Waals surface area contributed by atoms with Gasteiger partial charge in [0.05, 0.1) is 11.6 Å². The summed E-state index contributed by atoms with van der Waals surface area (Å²) in [6, 6.07) is 18.0. The molecular formula is C25H28N2O2. The van der Waals surface area contributed by atoms with Crippen molar-refractivity contribution < 1.29 is 9.53 Å². The van der Waals surface area contributed by atoms with E-state index >= 15 is 0 Å². The number of carbonyl (C=O) groups excluding carboxylic acids is 1. The third-order valence-electron chi connectivity index (χ3n) is 5.84. The molecule has 4 nitrogen and oxygen atoms in total. The van der Waals surface area contributed by atoms with Crippen LogP contribution >= 0.6 is 0 Å². The molecule has 1 N–H and O–H groups in total. The van der Waals surface area contributed by atoms with Crippen molar-refractivity contribution in [1.82, 2.24) is 10.3 Å². The third-order valence-corrected chi connectivity index (χ3v) is 5.84. The molecule has 1 amide bonds. The van der Waals surface area contributed by atoms with Crippen LogP contribution in [0.5, 0.6) is 0 Å². The molecule has 150 valence electrons. The second-order valence-electron chi connectivity index (χ2n) is 7.99. The van der Waals surface area contributed by atoms with Gasteiger partial charge in [-0.05, 0) is 68.4 Å². The zero-order valence-corrected chi connectivity index (χ0v) is 17.2. The van der Waals surface area contributed by atoms with E-state index in [9.17, 15) is 4.79 Å². The largest absolute Gasteiger partial charge is 0.381 e. The Balaban J connectivity index is 1.62. The molecule has 1 atom stereocenters. The Morgan fingerprint density at radius 2 is 1.86 bits per heavy atom. The molecule has 29 heavy (non-hydrogen) atoms. The molecule has 2 aromatic carbocycles. The number of amides is 1. The van der Waals surface area contributed by atoms with E-state index < -0.39 is 0 Å². The van der Waals surface area contributed by atoms with Crippen molar-refractivity contribution in [1.29, 1.82) is 0 Å². The van der Waals surface area contributed by atoms with Crippen LogP contribution in [-0.4, -0.2) is 24.1 Å². The Bertz CT molecular complexity index is 1010. The fraction of sp³-hybridized carbons (Fsp3) is 0.360. The van der Waals surface area contributed by atoms with Gasteiger partial charge in [0.2, 0.25) is 0 Å². The van der Waals surface area contributed by atoms with E-state index in [4.69, 9.17) is 9.72 Å². The topological polar surface area (TPSA) is 51.2 Å². The Labute approximate surface area is 172 Å². The van der Waals surface area contributed by atoms with Crippen molar-refractivity contribution in [3.8, 4) is 0 Å². The Kier molecular flexibility index (Phi) is 5.91. The summed E-state index contributed by atoms with van der Waals surface area (Å²) in [7, 11) is 0. The van der Waals surface area contributed by atoms with Crippen LogP contribution in [0.1, 0.15) is 53.0 Å². The maximum absolute atomic E-state index is 12.8. The predicted octanol–water partition coefficient (Wildman–Crippen LogP) is 5.00. The zero-order valence-electron chi connectivity index (χ0n) is 17.2. The van der Waals surface area contributed by atoms with E-state index in [2.05, 4.69) is 30.4 Å². The molecule has 0 aliphatic carbocycles. The van der Waals surface area contributed by atoms with Crippen LogP contribution in [0.4, 0.5) is 0 Å². The monoisotopic (exact) mass is 388 g/mol. The highest BCUT2D eigenvalue weighted by Gasteiger charge is 2.19. The first-order valence-corrected chi connectivity index (χ1v) is 10.4. The number of nitrogens with one attached hydrogen (secondary N) is 1. The molecule has 0 unspecified atom stereocenters. The van der Waals surface area contributed by atoms with Gasteiger partial charge in [0, 0.05) is 29.9 Å². The molecule has 0 radical (unpaired) electrons. The minimum atomic E-state index is -0.108. The highest BCUT2D eigenvalue weighted by molar-refractivity contribution is 5.96. The van der Waals surface area contributed by atoms with Crippen molar-refractivity contribution in [3.05, 3.63) is 77.0 Å². The summed E-state index contributed by atoms with van der Waals surface area (Å²) in [6.07, 6.45) is 3.13. The number of aryl methyl sites for hydroxylation is 1. The van der Waals surface area contributed by atoms with Gasteiger partial charge in [-0.2, -0.15) is 0 Å². The summed E-state index contributed by atoms with van der Waals surface area (Å²) in [6.45, 7) is 5.70. The van der Waals surface area contributed by atoms with E-state index in [1.165, 1.54) is 0 Å². The van der Waals surface area contributed by atoms with Crippen molar-refractivity contribution >= 4 is 16.8 Å². The van der Waals surface area contributed by atoms with Gasteiger partial charge in [-0.25, -0.2) is 0 Å². The Hall–Kier alpha value is -2.72. The molecule has 1 aliphatic heterocycles. The molecule has 2 heterocycles. The number of hydrogen-bond acceptors (Lipinski definition) is 3. The Morgan fingerprint density at radius 3 is 2.66 bits per heavy atom. The number of fused-ring (bicyclic) bond motifs is 1. The van der Waals surface area contributed by atoms with Crippen LogP contribution < -0.4 is 5.32 Å². The van der Waals surface area contributed by atoms with Crippen molar-refractivity contribution in [3.63, 3.8) is 0 Å². The number of aromatic nitrogens is 1. The number of rotatable bonds is 5. The van der Waals surface area contributed by atoms with E-state index in [1.807, 2.05) is 43.3 Å². The Morgan fingerprint density at radius 1 is 1.14 bits per heavy atom. The number of ether oxygens (including phenoxy) is 1. The second-order valence-corrected chi connectivity index (χ2v) is 7.99. The predicted molar refractivity (Wildman–Crippen MR) is 116 cm³/mol. The molecule has 0 bridgehead atoms. The van der Waals surface area contributed by atoms with E-state index in [0.29, 0.717) is 5.92 Å². The molecular weight excluding hydrogens is 360 g/mol. The number of hydrogen-bond donors (Lipinski definition) is 1. The molecule has 1 aromatic heterocycles. The summed E-state index contributed by atoms with van der Waals surface area (Å²) in [5, 5.41) is 4.29. The standard InChI is InChI=1S/C25H28N2O2/c1-17-7-3-4-8-21(17)25(28)26-18(2)23-16-20(15-19-11-13-29-14-12-19)27-24-10-6-5-9-22(23)24/h3-10,16,18-19H,11-15H2,1-2H3,(H,26,28)/t18-/m1/s1. The number of para-hydroxylation sites is 1. The smallest absolute Gasteiger partial charge is 0.252 e. The second kappa shape index (κ2) is 8.75. The minimum Gasteiger partial charge on any atom is -0.381 e. The van der Waals surface area contributed by atoms with Gasteiger partial charge < -0.3 is 10.1 Å². The van der Waals surface area contributed by atoms with Gasteiger partial charge in [-0.1, -0.05) is 36.4 Å². The molecule has 1 saturated heterocycles. The van der Waals surface area contributed by atoms with Crippen molar-refractivity contribution in [2.45, 2.75) is 39.2 Å². The fourth-order valence-corrected chi connectivity index (χ4v) is 4.15. The molecule has 0 saturated carbocycles. The normalized spacial score (nSPS) is 15.9. The van der Waals surface area contributed by atoms with Crippen molar-refractivity contribution in [2.75, 3.05) is 13.2 Å². The SMILES string of the molecule is Cc1ccccc1C(=O)N[C@H](C)c1cc(CC2CCOCC2)nc2ccccc12. The van der Waals surface area contributed by atoms with Crippen LogP contribution in [0, 0.1) is 12.8 Å². The van der Waals surface area contributed by atoms with E-state index in [-0.39, 0.29) is 11.9 Å². The van der Waals surface area contributed by atoms with Crippen LogP contribution in [0.15, 0.2) is 54.6 Å². The minimum absolute atomic E-state index is 0.0394. The van der Waals surface area contributed by atoms with Crippen LogP contribution in [-0.2, 0) is 11.2 Å². The quantitative estimate of drug-likeness (QED) is 0.669. The van der Waals surface area contributed by atoms with Crippen LogP contribution in [0.2, 0.25) is 0 Å². The summed E-state index contributed by atoms with van der Waals surface area (Å²) in [5.74, 6) is 0.574. The fourth-order valence-electron chi connectivity index (χ4n) is 4.15. The summed E-state index contributed by atoms with van der Waals surface area (Å²) < 4.78 is 5.50. The van der Waals surface area contributed by atoms with Gasteiger partial charge >= 0.3 is 0 Å². The maximum Gasteiger partial charge on any atom is 0.252 e. The first-order valence-electron chi connectivity index (χ1n) is 10.4. The molecule has 3 aromatic rings. The first-order chi connectivity index (χ1) is 14.1. The van der Waals surface area contributed by atoms with Crippen LogP contribution in [0.25, 0.3) is 10.9 Å². The molecule has 4 heteroatoms. The van der Waals surface area contributed by atoms with E-state index in [0.717, 1.165) is 65.8 Å². The van der Waals surface area contributed by atoms with Gasteiger partial charge in [0.1, 0.15) is 0 Å². The average Bonchev–Trinajstić information content (AvgIpc) is 2.74. The molecule has 4 rings (SSSR count). The van der Waals surface area contributed by atoms with Gasteiger partial charge in [-0.3, -0.25) is 9.78 Å². The summed E-state index contributed by atoms with van der Waals surface area (Å²) >= 11 is 0. The molecule has 1 fully saturated rings. The lowest BCUT2D eigenvalue weighted by Crippen LogP contribution is -2.27.